The summed E-state index contributed by atoms with van der Waals surface area (Å²) in [6.45, 7) is 5.12. The van der Waals surface area contributed by atoms with Crippen LogP contribution >= 0.6 is 0 Å². The summed E-state index contributed by atoms with van der Waals surface area (Å²) in [5.41, 5.74) is 12.3. The van der Waals surface area contributed by atoms with Crippen LogP contribution in [0.1, 0.15) is 24.2 Å². The Morgan fingerprint density at radius 3 is 2.38 bits per heavy atom. The third kappa shape index (κ3) is 3.55. The van der Waals surface area contributed by atoms with Crippen molar-refractivity contribution in [3.05, 3.63) is 29.8 Å². The van der Waals surface area contributed by atoms with Crippen LogP contribution in [0.25, 0.3) is 0 Å². The van der Waals surface area contributed by atoms with Crippen molar-refractivity contribution in [1.29, 1.82) is 0 Å². The molecule has 0 aliphatic rings. The molecule has 0 atom stereocenters. The number of carbonyl (C=O) groups is 1. The van der Waals surface area contributed by atoms with Crippen molar-refractivity contribution in [3.63, 3.8) is 0 Å². The van der Waals surface area contributed by atoms with Gasteiger partial charge in [0.2, 0.25) is 0 Å². The van der Waals surface area contributed by atoms with Crippen LogP contribution in [-0.2, 0) is 0 Å². The Bertz CT molecular complexity index is 357. The van der Waals surface area contributed by atoms with E-state index >= 15 is 0 Å². The van der Waals surface area contributed by atoms with E-state index in [1.807, 2.05) is 13.8 Å². The van der Waals surface area contributed by atoms with Crippen LogP contribution in [0, 0.1) is 5.41 Å². The van der Waals surface area contributed by atoms with Gasteiger partial charge in [0.25, 0.3) is 5.91 Å². The second-order valence-corrected chi connectivity index (χ2v) is 4.67. The zero-order valence-corrected chi connectivity index (χ0v) is 9.79. The molecule has 4 heteroatoms. The smallest absolute Gasteiger partial charge is 0.251 e. The summed E-state index contributed by atoms with van der Waals surface area (Å²) in [4.78, 5) is 11.7. The van der Waals surface area contributed by atoms with Gasteiger partial charge < -0.3 is 16.8 Å². The van der Waals surface area contributed by atoms with Gasteiger partial charge in [-0.2, -0.15) is 0 Å². The van der Waals surface area contributed by atoms with E-state index in [1.54, 1.807) is 24.3 Å². The topological polar surface area (TPSA) is 81.1 Å². The van der Waals surface area contributed by atoms with Crippen LogP contribution < -0.4 is 16.8 Å². The van der Waals surface area contributed by atoms with Crippen LogP contribution in [0.5, 0.6) is 0 Å². The van der Waals surface area contributed by atoms with E-state index in [9.17, 15) is 4.79 Å². The van der Waals surface area contributed by atoms with Gasteiger partial charge in [-0.3, -0.25) is 4.79 Å². The highest BCUT2D eigenvalue weighted by atomic mass is 16.1. The first-order valence-electron chi connectivity index (χ1n) is 5.28. The first-order valence-corrected chi connectivity index (χ1v) is 5.28. The van der Waals surface area contributed by atoms with Crippen LogP contribution in [0.15, 0.2) is 24.3 Å². The van der Waals surface area contributed by atoms with Gasteiger partial charge in [0.15, 0.2) is 0 Å². The molecular formula is C12H19N3O. The number of benzene rings is 1. The van der Waals surface area contributed by atoms with Crippen molar-refractivity contribution in [3.8, 4) is 0 Å². The molecule has 0 aliphatic heterocycles. The number of nitrogens with two attached hydrogens (primary N) is 2. The molecule has 16 heavy (non-hydrogen) atoms. The molecule has 1 aromatic carbocycles. The normalized spacial score (nSPS) is 11.2. The van der Waals surface area contributed by atoms with Crippen molar-refractivity contribution in [1.82, 2.24) is 5.32 Å². The molecule has 0 heterocycles. The quantitative estimate of drug-likeness (QED) is 0.663. The lowest BCUT2D eigenvalue weighted by Crippen LogP contribution is -2.38. The number of nitrogen functional groups attached to an aromatic ring is 1. The summed E-state index contributed by atoms with van der Waals surface area (Å²) in [5, 5.41) is 2.85. The molecule has 0 fully saturated rings. The number of hydrogen-bond donors (Lipinski definition) is 3. The lowest BCUT2D eigenvalue weighted by molar-refractivity contribution is 0.0938. The van der Waals surface area contributed by atoms with Crippen molar-refractivity contribution < 1.29 is 4.79 Å². The summed E-state index contributed by atoms with van der Waals surface area (Å²) in [7, 11) is 0. The monoisotopic (exact) mass is 221 g/mol. The summed E-state index contributed by atoms with van der Waals surface area (Å²) >= 11 is 0. The number of hydrogen-bond acceptors (Lipinski definition) is 3. The zero-order valence-electron chi connectivity index (χ0n) is 9.79. The molecule has 0 spiro atoms. The van der Waals surface area contributed by atoms with E-state index in [0.29, 0.717) is 24.3 Å². The van der Waals surface area contributed by atoms with Gasteiger partial charge in [-0.1, -0.05) is 13.8 Å². The molecule has 0 bridgehead atoms. The second kappa shape index (κ2) is 4.99. The maximum Gasteiger partial charge on any atom is 0.251 e. The minimum atomic E-state index is -0.0958. The Morgan fingerprint density at radius 2 is 1.88 bits per heavy atom. The molecule has 1 rings (SSSR count). The van der Waals surface area contributed by atoms with E-state index in [4.69, 9.17) is 11.5 Å². The lowest BCUT2D eigenvalue weighted by atomic mass is 9.94. The summed E-state index contributed by atoms with van der Waals surface area (Å²) in [6.07, 6.45) is 0. The van der Waals surface area contributed by atoms with E-state index in [1.165, 1.54) is 0 Å². The number of amides is 1. The summed E-state index contributed by atoms with van der Waals surface area (Å²) in [6, 6.07) is 6.84. The number of rotatable bonds is 4. The van der Waals surface area contributed by atoms with Gasteiger partial charge in [0.05, 0.1) is 0 Å². The highest BCUT2D eigenvalue weighted by Gasteiger charge is 2.16. The molecular weight excluding hydrogens is 202 g/mol. The molecule has 0 radical (unpaired) electrons. The van der Waals surface area contributed by atoms with Gasteiger partial charge in [-0.15, -0.1) is 0 Å². The molecule has 1 aromatic rings. The van der Waals surface area contributed by atoms with Crippen molar-refractivity contribution in [2.24, 2.45) is 11.1 Å². The Morgan fingerprint density at radius 1 is 1.31 bits per heavy atom. The van der Waals surface area contributed by atoms with E-state index < -0.39 is 0 Å². The number of carbonyl (C=O) groups excluding carboxylic acids is 1. The third-order valence-corrected chi connectivity index (χ3v) is 2.45. The fraction of sp³-hybridized carbons (Fsp3) is 0.417. The van der Waals surface area contributed by atoms with Gasteiger partial charge in [0.1, 0.15) is 0 Å². The largest absolute Gasteiger partial charge is 0.399 e. The Hall–Kier alpha value is -1.55. The van der Waals surface area contributed by atoms with Gasteiger partial charge in [0, 0.05) is 17.8 Å². The summed E-state index contributed by atoms with van der Waals surface area (Å²) in [5.74, 6) is -0.0958. The van der Waals surface area contributed by atoms with E-state index in [2.05, 4.69) is 5.32 Å². The van der Waals surface area contributed by atoms with Crippen LogP contribution in [0.2, 0.25) is 0 Å². The van der Waals surface area contributed by atoms with Crippen LogP contribution in [-0.4, -0.2) is 19.0 Å². The maximum atomic E-state index is 11.7. The van der Waals surface area contributed by atoms with Crippen molar-refractivity contribution >= 4 is 11.6 Å². The predicted octanol–water partition coefficient (Wildman–Crippen LogP) is 0.983. The number of nitrogens with one attached hydrogen (secondary N) is 1. The second-order valence-electron chi connectivity index (χ2n) is 4.67. The Balaban J connectivity index is 2.56. The van der Waals surface area contributed by atoms with Crippen molar-refractivity contribution in [2.75, 3.05) is 18.8 Å². The molecule has 88 valence electrons. The highest BCUT2D eigenvalue weighted by molar-refractivity contribution is 5.94. The molecule has 0 aliphatic carbocycles. The van der Waals surface area contributed by atoms with Crippen LogP contribution in [0.3, 0.4) is 0 Å². The van der Waals surface area contributed by atoms with Crippen molar-refractivity contribution in [2.45, 2.75) is 13.8 Å². The molecule has 0 aromatic heterocycles. The standard InChI is InChI=1S/C12H19N3O/c1-12(2,7-13)8-15-11(16)9-3-5-10(14)6-4-9/h3-6H,7-8,13-14H2,1-2H3,(H,15,16). The fourth-order valence-corrected chi connectivity index (χ4v) is 1.13. The molecule has 0 saturated heterocycles. The molecule has 1 amide bonds. The van der Waals surface area contributed by atoms with Gasteiger partial charge >= 0.3 is 0 Å². The molecule has 5 N–H and O–H groups in total. The van der Waals surface area contributed by atoms with Gasteiger partial charge in [-0.05, 0) is 36.2 Å². The predicted molar refractivity (Wildman–Crippen MR) is 66.0 cm³/mol. The maximum absolute atomic E-state index is 11.7. The fourth-order valence-electron chi connectivity index (χ4n) is 1.13. The first-order chi connectivity index (χ1) is 7.44. The average Bonchev–Trinajstić information content (AvgIpc) is 2.27. The lowest BCUT2D eigenvalue weighted by Gasteiger charge is -2.22. The minimum absolute atomic E-state index is 0.0799. The SMILES string of the molecule is CC(C)(CN)CNC(=O)c1ccc(N)cc1. The molecule has 4 nitrogen and oxygen atoms in total. The van der Waals surface area contributed by atoms with E-state index in [-0.39, 0.29) is 11.3 Å². The number of anilines is 1. The summed E-state index contributed by atoms with van der Waals surface area (Å²) < 4.78 is 0. The van der Waals surface area contributed by atoms with E-state index in [0.717, 1.165) is 0 Å². The zero-order chi connectivity index (χ0) is 12.2. The minimum Gasteiger partial charge on any atom is -0.399 e. The molecule has 0 saturated carbocycles. The Kier molecular flexibility index (Phi) is 3.90. The Labute approximate surface area is 96.0 Å². The van der Waals surface area contributed by atoms with Crippen LogP contribution in [0.4, 0.5) is 5.69 Å². The highest BCUT2D eigenvalue weighted by Crippen LogP contribution is 2.11. The molecule has 0 unspecified atom stereocenters. The van der Waals surface area contributed by atoms with Gasteiger partial charge in [-0.25, -0.2) is 0 Å². The first kappa shape index (κ1) is 12.5. The third-order valence-electron chi connectivity index (χ3n) is 2.45. The average molecular weight is 221 g/mol.